The van der Waals surface area contributed by atoms with Crippen molar-refractivity contribution in [2.75, 3.05) is 0 Å². The highest BCUT2D eigenvalue weighted by molar-refractivity contribution is 5.75. The number of carbonyl (C=O) groups is 2. The Morgan fingerprint density at radius 2 is 1.04 bits per heavy atom. The van der Waals surface area contributed by atoms with Crippen LogP contribution in [0.15, 0.2) is 60.7 Å². The highest BCUT2D eigenvalue weighted by Crippen LogP contribution is 2.03. The van der Waals surface area contributed by atoms with Crippen LogP contribution in [0.25, 0.3) is 0 Å². The fraction of sp³-hybridized carbons (Fsp3) is 0.300. The third-order valence-electron chi connectivity index (χ3n) is 3.59. The Morgan fingerprint density at radius 1 is 0.654 bits per heavy atom. The molecule has 0 unspecified atom stereocenters. The SMILES string of the molecule is O=C(CCCCC(=O)NOCc1ccccc1)NOCc1ccccc1. The first kappa shape index (κ1) is 19.6. The Labute approximate surface area is 153 Å². The molecule has 0 bridgehead atoms. The molecule has 0 saturated heterocycles. The Balaban J connectivity index is 1.46. The average Bonchev–Trinajstić information content (AvgIpc) is 2.67. The van der Waals surface area contributed by atoms with Gasteiger partial charge in [0.2, 0.25) is 11.8 Å². The van der Waals surface area contributed by atoms with Gasteiger partial charge in [-0.1, -0.05) is 60.7 Å². The van der Waals surface area contributed by atoms with E-state index in [9.17, 15) is 9.59 Å². The van der Waals surface area contributed by atoms with E-state index in [0.29, 0.717) is 38.9 Å². The summed E-state index contributed by atoms with van der Waals surface area (Å²) >= 11 is 0. The van der Waals surface area contributed by atoms with E-state index < -0.39 is 0 Å². The number of hydrogen-bond donors (Lipinski definition) is 2. The van der Waals surface area contributed by atoms with Crippen molar-refractivity contribution in [1.82, 2.24) is 11.0 Å². The molecule has 0 aliphatic carbocycles. The minimum absolute atomic E-state index is 0.193. The van der Waals surface area contributed by atoms with Crippen molar-refractivity contribution in [3.63, 3.8) is 0 Å². The highest BCUT2D eigenvalue weighted by atomic mass is 16.7. The van der Waals surface area contributed by atoms with Crippen molar-refractivity contribution in [1.29, 1.82) is 0 Å². The average molecular weight is 356 g/mol. The Hall–Kier alpha value is -2.70. The van der Waals surface area contributed by atoms with E-state index in [-0.39, 0.29) is 11.8 Å². The molecule has 2 rings (SSSR count). The molecule has 0 fully saturated rings. The second-order valence-electron chi connectivity index (χ2n) is 5.81. The van der Waals surface area contributed by atoms with Crippen molar-refractivity contribution < 1.29 is 19.3 Å². The maximum Gasteiger partial charge on any atom is 0.243 e. The molecular formula is C20H24N2O4. The molecule has 0 spiro atoms. The molecule has 0 aliphatic heterocycles. The van der Waals surface area contributed by atoms with Gasteiger partial charge >= 0.3 is 0 Å². The molecule has 0 aromatic heterocycles. The molecule has 0 radical (unpaired) electrons. The number of hydrogen-bond acceptors (Lipinski definition) is 4. The molecule has 26 heavy (non-hydrogen) atoms. The zero-order chi connectivity index (χ0) is 18.5. The Kier molecular flexibility index (Phi) is 8.89. The molecule has 138 valence electrons. The van der Waals surface area contributed by atoms with Gasteiger partial charge in [0, 0.05) is 12.8 Å². The molecule has 0 heterocycles. The second kappa shape index (κ2) is 11.8. The first-order valence-electron chi connectivity index (χ1n) is 8.63. The lowest BCUT2D eigenvalue weighted by Crippen LogP contribution is -2.24. The first-order valence-corrected chi connectivity index (χ1v) is 8.63. The summed E-state index contributed by atoms with van der Waals surface area (Å²) in [6.07, 6.45) is 1.83. The predicted molar refractivity (Wildman–Crippen MR) is 97.2 cm³/mol. The van der Waals surface area contributed by atoms with Gasteiger partial charge in [-0.05, 0) is 24.0 Å². The van der Waals surface area contributed by atoms with Gasteiger partial charge in [0.05, 0.1) is 13.2 Å². The molecule has 2 aromatic rings. The summed E-state index contributed by atoms with van der Waals surface area (Å²) in [5.74, 6) is -0.386. The minimum atomic E-state index is -0.193. The summed E-state index contributed by atoms with van der Waals surface area (Å²) in [5.41, 5.74) is 6.79. The van der Waals surface area contributed by atoms with E-state index in [1.165, 1.54) is 0 Å². The molecule has 0 saturated carbocycles. The van der Waals surface area contributed by atoms with Crippen LogP contribution >= 0.6 is 0 Å². The summed E-state index contributed by atoms with van der Waals surface area (Å²) < 4.78 is 0. The monoisotopic (exact) mass is 356 g/mol. The smallest absolute Gasteiger partial charge is 0.243 e. The Bertz CT molecular complexity index is 603. The molecular weight excluding hydrogens is 332 g/mol. The summed E-state index contributed by atoms with van der Waals surface area (Å²) in [5, 5.41) is 0. The normalized spacial score (nSPS) is 10.3. The third-order valence-corrected chi connectivity index (χ3v) is 3.59. The summed E-state index contributed by atoms with van der Waals surface area (Å²) in [6, 6.07) is 19.2. The van der Waals surface area contributed by atoms with Crippen LogP contribution < -0.4 is 11.0 Å². The van der Waals surface area contributed by atoms with E-state index in [4.69, 9.17) is 9.68 Å². The molecule has 6 nitrogen and oxygen atoms in total. The van der Waals surface area contributed by atoms with Gasteiger partial charge in [-0.15, -0.1) is 0 Å². The van der Waals surface area contributed by atoms with Crippen LogP contribution in [0, 0.1) is 0 Å². The molecule has 0 aliphatic rings. The number of amides is 2. The van der Waals surface area contributed by atoms with E-state index in [0.717, 1.165) is 11.1 Å². The fourth-order valence-electron chi connectivity index (χ4n) is 2.22. The first-order chi connectivity index (χ1) is 12.7. The zero-order valence-electron chi connectivity index (χ0n) is 14.6. The standard InChI is InChI=1S/C20H24N2O4/c23-19(21-25-15-17-9-3-1-4-10-17)13-7-8-14-20(24)22-26-16-18-11-5-2-6-12-18/h1-6,9-12H,7-8,13-16H2,(H,21,23)(H,22,24). The number of unbranched alkanes of at least 4 members (excludes halogenated alkanes) is 1. The van der Waals surface area contributed by atoms with E-state index in [1.54, 1.807) is 0 Å². The number of carbonyl (C=O) groups excluding carboxylic acids is 2. The van der Waals surface area contributed by atoms with Crippen LogP contribution in [0.3, 0.4) is 0 Å². The van der Waals surface area contributed by atoms with E-state index in [2.05, 4.69) is 11.0 Å². The van der Waals surface area contributed by atoms with Crippen LogP contribution in [0.4, 0.5) is 0 Å². The van der Waals surface area contributed by atoms with Crippen LogP contribution in [0.2, 0.25) is 0 Å². The predicted octanol–water partition coefficient (Wildman–Crippen LogP) is 3.04. The quantitative estimate of drug-likeness (QED) is 0.479. The molecule has 6 heteroatoms. The maximum absolute atomic E-state index is 11.6. The van der Waals surface area contributed by atoms with Gasteiger partial charge in [-0.3, -0.25) is 19.3 Å². The lowest BCUT2D eigenvalue weighted by atomic mass is 10.2. The van der Waals surface area contributed by atoms with Gasteiger partial charge in [0.1, 0.15) is 0 Å². The van der Waals surface area contributed by atoms with Crippen LogP contribution in [-0.4, -0.2) is 11.8 Å². The lowest BCUT2D eigenvalue weighted by molar-refractivity contribution is -0.136. The third kappa shape index (κ3) is 8.41. The minimum Gasteiger partial charge on any atom is -0.273 e. The van der Waals surface area contributed by atoms with Crippen molar-refractivity contribution in [2.24, 2.45) is 0 Å². The summed E-state index contributed by atoms with van der Waals surface area (Å²) in [4.78, 5) is 33.6. The van der Waals surface area contributed by atoms with Gasteiger partial charge in [-0.2, -0.15) is 0 Å². The lowest BCUT2D eigenvalue weighted by Gasteiger charge is -2.07. The number of hydroxylamine groups is 2. The topological polar surface area (TPSA) is 76.7 Å². The maximum atomic E-state index is 11.6. The summed E-state index contributed by atoms with van der Waals surface area (Å²) in [6.45, 7) is 0.654. The van der Waals surface area contributed by atoms with Crippen LogP contribution in [0.1, 0.15) is 36.8 Å². The Morgan fingerprint density at radius 3 is 1.42 bits per heavy atom. The van der Waals surface area contributed by atoms with Crippen molar-refractivity contribution in [3.8, 4) is 0 Å². The van der Waals surface area contributed by atoms with E-state index in [1.807, 2.05) is 60.7 Å². The molecule has 2 N–H and O–H groups in total. The number of nitrogens with one attached hydrogen (secondary N) is 2. The molecule has 2 aromatic carbocycles. The zero-order valence-corrected chi connectivity index (χ0v) is 14.6. The molecule has 0 atom stereocenters. The van der Waals surface area contributed by atoms with E-state index >= 15 is 0 Å². The van der Waals surface area contributed by atoms with Gasteiger partial charge in [0.15, 0.2) is 0 Å². The highest BCUT2D eigenvalue weighted by Gasteiger charge is 2.05. The largest absolute Gasteiger partial charge is 0.273 e. The van der Waals surface area contributed by atoms with Crippen LogP contribution in [0.5, 0.6) is 0 Å². The fourth-order valence-corrected chi connectivity index (χ4v) is 2.22. The summed E-state index contributed by atoms with van der Waals surface area (Å²) in [7, 11) is 0. The molecule has 2 amide bonds. The number of rotatable bonds is 11. The number of benzene rings is 2. The van der Waals surface area contributed by atoms with Crippen molar-refractivity contribution in [3.05, 3.63) is 71.8 Å². The van der Waals surface area contributed by atoms with Crippen molar-refractivity contribution >= 4 is 11.8 Å². The second-order valence-corrected chi connectivity index (χ2v) is 5.81. The van der Waals surface area contributed by atoms with Crippen molar-refractivity contribution in [2.45, 2.75) is 38.9 Å². The van der Waals surface area contributed by atoms with Gasteiger partial charge in [0.25, 0.3) is 0 Å². The van der Waals surface area contributed by atoms with Gasteiger partial charge in [-0.25, -0.2) is 11.0 Å². The van der Waals surface area contributed by atoms with Gasteiger partial charge < -0.3 is 0 Å². The van der Waals surface area contributed by atoms with Crippen LogP contribution in [-0.2, 0) is 32.5 Å².